The van der Waals surface area contributed by atoms with Gasteiger partial charge in [0.1, 0.15) is 17.9 Å². The van der Waals surface area contributed by atoms with Gasteiger partial charge in [-0.1, -0.05) is 17.7 Å². The van der Waals surface area contributed by atoms with Crippen molar-refractivity contribution < 1.29 is 14.3 Å². The maximum Gasteiger partial charge on any atom is 0.256 e. The smallest absolute Gasteiger partial charge is 0.256 e. The Hall–Kier alpha value is -3.19. The molecule has 2 heterocycles. The number of carbonyl (C=O) groups is 2. The second-order valence-corrected chi connectivity index (χ2v) is 6.04. The molecule has 0 saturated carbocycles. The van der Waals surface area contributed by atoms with Crippen LogP contribution in [0, 0.1) is 0 Å². The van der Waals surface area contributed by atoms with Crippen molar-refractivity contribution in [3.63, 3.8) is 0 Å². The molecule has 7 nitrogen and oxygen atoms in total. The molecule has 0 spiro atoms. The second kappa shape index (κ2) is 6.61. The van der Waals surface area contributed by atoms with Crippen LogP contribution >= 0.6 is 11.6 Å². The standard InChI is InChI=1S/C18H13ClN4O3/c19-12-2-1-3-13-16(12)21-9-15(22-13)23-17(24)10-4-5-14-11(8-10)18(25)20-6-7-26-14/h1-5,8-9H,6-7H2,(H,20,25)(H,22,23,24). The summed E-state index contributed by atoms with van der Waals surface area (Å²) in [5.41, 5.74) is 1.78. The van der Waals surface area contributed by atoms with Crippen molar-refractivity contribution in [1.82, 2.24) is 15.3 Å². The highest BCUT2D eigenvalue weighted by Crippen LogP contribution is 2.23. The molecule has 3 aromatic rings. The third-order valence-corrected chi connectivity index (χ3v) is 4.20. The Morgan fingerprint density at radius 3 is 3.04 bits per heavy atom. The summed E-state index contributed by atoms with van der Waals surface area (Å²) in [5, 5.41) is 5.88. The highest BCUT2D eigenvalue weighted by atomic mass is 35.5. The molecule has 0 bridgehead atoms. The first-order valence-corrected chi connectivity index (χ1v) is 8.27. The van der Waals surface area contributed by atoms with Gasteiger partial charge in [0, 0.05) is 5.56 Å². The number of halogens is 1. The number of ether oxygens (including phenoxy) is 1. The summed E-state index contributed by atoms with van der Waals surface area (Å²) in [6, 6.07) is 9.94. The van der Waals surface area contributed by atoms with E-state index in [4.69, 9.17) is 16.3 Å². The largest absolute Gasteiger partial charge is 0.491 e. The number of fused-ring (bicyclic) bond motifs is 2. The van der Waals surface area contributed by atoms with Crippen molar-refractivity contribution in [1.29, 1.82) is 0 Å². The van der Waals surface area contributed by atoms with Crippen LogP contribution in [0.5, 0.6) is 5.75 Å². The number of aromatic nitrogens is 2. The Morgan fingerprint density at radius 2 is 2.15 bits per heavy atom. The molecule has 4 rings (SSSR count). The van der Waals surface area contributed by atoms with E-state index in [0.717, 1.165) is 0 Å². The zero-order valence-corrected chi connectivity index (χ0v) is 14.2. The molecule has 0 saturated heterocycles. The number of amides is 2. The molecular weight excluding hydrogens is 356 g/mol. The van der Waals surface area contributed by atoms with E-state index in [1.807, 2.05) is 0 Å². The molecule has 2 amide bonds. The van der Waals surface area contributed by atoms with Crippen molar-refractivity contribution >= 4 is 40.3 Å². The molecule has 26 heavy (non-hydrogen) atoms. The van der Waals surface area contributed by atoms with E-state index in [1.54, 1.807) is 30.3 Å². The number of nitrogens with zero attached hydrogens (tertiary/aromatic N) is 2. The third-order valence-electron chi connectivity index (χ3n) is 3.90. The highest BCUT2D eigenvalue weighted by Gasteiger charge is 2.19. The van der Waals surface area contributed by atoms with Crippen LogP contribution in [-0.4, -0.2) is 34.9 Å². The maximum absolute atomic E-state index is 12.5. The Labute approximate surface area is 153 Å². The third kappa shape index (κ3) is 3.04. The fourth-order valence-corrected chi connectivity index (χ4v) is 2.87. The summed E-state index contributed by atoms with van der Waals surface area (Å²) < 4.78 is 5.48. The van der Waals surface area contributed by atoms with Gasteiger partial charge in [-0.3, -0.25) is 9.59 Å². The van der Waals surface area contributed by atoms with Crippen molar-refractivity contribution in [3.05, 3.63) is 58.7 Å². The lowest BCUT2D eigenvalue weighted by atomic mass is 10.1. The Balaban J connectivity index is 1.61. The van der Waals surface area contributed by atoms with Gasteiger partial charge in [0.15, 0.2) is 5.82 Å². The number of hydrogen-bond donors (Lipinski definition) is 2. The van der Waals surface area contributed by atoms with Crippen LogP contribution in [0.25, 0.3) is 11.0 Å². The zero-order chi connectivity index (χ0) is 18.1. The minimum Gasteiger partial charge on any atom is -0.491 e. The van der Waals surface area contributed by atoms with Crippen molar-refractivity contribution in [3.8, 4) is 5.75 Å². The van der Waals surface area contributed by atoms with E-state index >= 15 is 0 Å². The maximum atomic E-state index is 12.5. The van der Waals surface area contributed by atoms with Crippen LogP contribution < -0.4 is 15.4 Å². The van der Waals surface area contributed by atoms with Crippen molar-refractivity contribution in [2.75, 3.05) is 18.5 Å². The van der Waals surface area contributed by atoms with Crippen LogP contribution in [0.3, 0.4) is 0 Å². The molecule has 130 valence electrons. The normalized spacial score (nSPS) is 13.3. The van der Waals surface area contributed by atoms with E-state index in [2.05, 4.69) is 20.6 Å². The summed E-state index contributed by atoms with van der Waals surface area (Å²) >= 11 is 6.07. The van der Waals surface area contributed by atoms with E-state index in [1.165, 1.54) is 12.3 Å². The summed E-state index contributed by atoms with van der Waals surface area (Å²) in [5.74, 6) is 0.0740. The van der Waals surface area contributed by atoms with Crippen LogP contribution in [-0.2, 0) is 0 Å². The average Bonchev–Trinajstić information content (AvgIpc) is 2.83. The van der Waals surface area contributed by atoms with Gasteiger partial charge in [0.2, 0.25) is 0 Å². The highest BCUT2D eigenvalue weighted by molar-refractivity contribution is 6.34. The van der Waals surface area contributed by atoms with Crippen molar-refractivity contribution in [2.24, 2.45) is 0 Å². The lowest BCUT2D eigenvalue weighted by Crippen LogP contribution is -2.24. The molecule has 2 aromatic carbocycles. The van der Waals surface area contributed by atoms with E-state index in [0.29, 0.717) is 51.9 Å². The number of anilines is 1. The van der Waals surface area contributed by atoms with Gasteiger partial charge in [-0.15, -0.1) is 0 Å². The SMILES string of the molecule is O=C(Nc1cnc2c(Cl)cccc2n1)c1ccc2c(c1)C(=O)NCCO2. The Bertz CT molecular complexity index is 1040. The predicted molar refractivity (Wildman–Crippen MR) is 96.8 cm³/mol. The average molecular weight is 369 g/mol. The molecule has 1 aromatic heterocycles. The quantitative estimate of drug-likeness (QED) is 0.725. The van der Waals surface area contributed by atoms with Gasteiger partial charge in [0.25, 0.3) is 11.8 Å². The molecule has 1 aliphatic heterocycles. The van der Waals surface area contributed by atoms with Gasteiger partial charge in [0.05, 0.1) is 28.8 Å². The van der Waals surface area contributed by atoms with Gasteiger partial charge in [-0.25, -0.2) is 9.97 Å². The van der Waals surface area contributed by atoms with Gasteiger partial charge >= 0.3 is 0 Å². The first-order chi connectivity index (χ1) is 12.6. The van der Waals surface area contributed by atoms with Crippen LogP contribution in [0.4, 0.5) is 5.82 Å². The van der Waals surface area contributed by atoms with Gasteiger partial charge < -0.3 is 15.4 Å². The van der Waals surface area contributed by atoms with Crippen molar-refractivity contribution in [2.45, 2.75) is 0 Å². The number of nitrogens with one attached hydrogen (secondary N) is 2. The van der Waals surface area contributed by atoms with Crippen LogP contribution in [0.2, 0.25) is 5.02 Å². The van der Waals surface area contributed by atoms with Crippen LogP contribution in [0.15, 0.2) is 42.6 Å². The van der Waals surface area contributed by atoms with E-state index < -0.39 is 5.91 Å². The van der Waals surface area contributed by atoms with Gasteiger partial charge in [-0.2, -0.15) is 0 Å². The minimum atomic E-state index is -0.402. The molecule has 2 N–H and O–H groups in total. The number of rotatable bonds is 2. The summed E-state index contributed by atoms with van der Waals surface area (Å²) in [6.07, 6.45) is 1.44. The number of para-hydroxylation sites is 1. The zero-order valence-electron chi connectivity index (χ0n) is 13.5. The lowest BCUT2D eigenvalue weighted by Gasteiger charge is -2.09. The Morgan fingerprint density at radius 1 is 1.27 bits per heavy atom. The fourth-order valence-electron chi connectivity index (χ4n) is 2.65. The van der Waals surface area contributed by atoms with Crippen LogP contribution in [0.1, 0.15) is 20.7 Å². The first kappa shape index (κ1) is 16.3. The summed E-state index contributed by atoms with van der Waals surface area (Å²) in [6.45, 7) is 0.809. The molecule has 1 aliphatic rings. The van der Waals surface area contributed by atoms with Gasteiger partial charge in [-0.05, 0) is 30.3 Å². The second-order valence-electron chi connectivity index (χ2n) is 5.63. The Kier molecular flexibility index (Phi) is 4.14. The molecule has 0 aliphatic carbocycles. The number of hydrogen-bond acceptors (Lipinski definition) is 5. The lowest BCUT2D eigenvalue weighted by molar-refractivity contribution is 0.0957. The monoisotopic (exact) mass is 368 g/mol. The molecule has 0 atom stereocenters. The molecule has 0 radical (unpaired) electrons. The molecular formula is C18H13ClN4O3. The topological polar surface area (TPSA) is 93.2 Å². The number of benzene rings is 2. The summed E-state index contributed by atoms with van der Waals surface area (Å²) in [7, 11) is 0. The molecule has 0 fully saturated rings. The van der Waals surface area contributed by atoms with E-state index in [9.17, 15) is 9.59 Å². The first-order valence-electron chi connectivity index (χ1n) is 7.89. The fraction of sp³-hybridized carbons (Fsp3) is 0.111. The molecule has 8 heteroatoms. The summed E-state index contributed by atoms with van der Waals surface area (Å²) in [4.78, 5) is 33.1. The number of carbonyl (C=O) groups excluding carboxylic acids is 2. The predicted octanol–water partition coefficient (Wildman–Crippen LogP) is 2.66. The molecule has 0 unspecified atom stereocenters. The van der Waals surface area contributed by atoms with E-state index in [-0.39, 0.29) is 5.91 Å². The minimum absolute atomic E-state index is 0.271.